The average Bonchev–Trinajstić information content (AvgIpc) is 3.21. The fraction of sp³-hybridized carbons (Fsp3) is 0.350. The molecule has 0 saturated carbocycles. The van der Waals surface area contributed by atoms with Crippen LogP contribution in [0.15, 0.2) is 40.9 Å². The van der Waals surface area contributed by atoms with Crippen molar-refractivity contribution in [2.24, 2.45) is 0 Å². The number of oxazole rings is 1. The van der Waals surface area contributed by atoms with Gasteiger partial charge in [-0.1, -0.05) is 6.07 Å². The number of nitrogens with zero attached hydrogens (tertiary/aromatic N) is 5. The lowest BCUT2D eigenvalue weighted by molar-refractivity contribution is -0.00551. The van der Waals surface area contributed by atoms with Crippen molar-refractivity contribution in [2.75, 3.05) is 18.0 Å². The van der Waals surface area contributed by atoms with Crippen molar-refractivity contribution < 1.29 is 9.15 Å². The summed E-state index contributed by atoms with van der Waals surface area (Å²) in [4.78, 5) is 11.1. The van der Waals surface area contributed by atoms with Crippen molar-refractivity contribution in [2.45, 2.75) is 33.0 Å². The Hall–Kier alpha value is -2.93. The number of anilines is 1. The van der Waals surface area contributed by atoms with E-state index in [1.54, 1.807) is 0 Å². The summed E-state index contributed by atoms with van der Waals surface area (Å²) in [5.74, 6) is 1.59. The van der Waals surface area contributed by atoms with Crippen LogP contribution in [0.4, 0.5) is 5.82 Å². The van der Waals surface area contributed by atoms with E-state index in [2.05, 4.69) is 28.7 Å². The van der Waals surface area contributed by atoms with E-state index in [9.17, 15) is 0 Å². The first-order valence-electron chi connectivity index (χ1n) is 9.19. The molecule has 2 atom stereocenters. The van der Waals surface area contributed by atoms with Gasteiger partial charge >= 0.3 is 0 Å². The third-order valence-electron chi connectivity index (χ3n) is 4.88. The number of morpholine rings is 1. The Morgan fingerprint density at radius 2 is 1.89 bits per heavy atom. The average molecular weight is 363 g/mol. The van der Waals surface area contributed by atoms with Gasteiger partial charge in [0, 0.05) is 25.6 Å². The van der Waals surface area contributed by atoms with Crippen LogP contribution in [0.2, 0.25) is 0 Å². The molecule has 1 aliphatic heterocycles. The van der Waals surface area contributed by atoms with Crippen LogP contribution in [0.5, 0.6) is 0 Å². The van der Waals surface area contributed by atoms with Gasteiger partial charge in [-0.15, -0.1) is 5.10 Å². The summed E-state index contributed by atoms with van der Waals surface area (Å²) in [7, 11) is 0. The van der Waals surface area contributed by atoms with Crippen molar-refractivity contribution in [3.63, 3.8) is 0 Å². The second-order valence-corrected chi connectivity index (χ2v) is 7.18. The second-order valence-electron chi connectivity index (χ2n) is 7.18. The van der Waals surface area contributed by atoms with Gasteiger partial charge in [0.2, 0.25) is 0 Å². The quantitative estimate of drug-likeness (QED) is 0.543. The zero-order chi connectivity index (χ0) is 18.5. The molecule has 0 unspecified atom stereocenters. The van der Waals surface area contributed by atoms with Crippen LogP contribution in [-0.4, -0.2) is 44.9 Å². The molecule has 0 spiro atoms. The Morgan fingerprint density at radius 3 is 2.70 bits per heavy atom. The SMILES string of the molecule is Cc1nc2ccc(-c3cnc4ccc(N5C[C@@H](C)O[C@@H](C)C5)nn34)cc2o1. The third-order valence-corrected chi connectivity index (χ3v) is 4.88. The zero-order valence-electron chi connectivity index (χ0n) is 15.6. The first-order chi connectivity index (χ1) is 13.1. The Bertz CT molecular complexity index is 1120. The standard InChI is InChI=1S/C20H21N5O2/c1-12-10-24(11-13(2)26-12)20-7-6-19-21-9-17(25(19)23-20)15-4-5-16-18(8-15)27-14(3)22-16/h4-9,12-13H,10-11H2,1-3H3/t12-,13+. The number of benzene rings is 1. The lowest BCUT2D eigenvalue weighted by atomic mass is 10.1. The molecule has 0 radical (unpaired) electrons. The molecular formula is C20H21N5O2. The van der Waals surface area contributed by atoms with Gasteiger partial charge in [0.05, 0.1) is 24.1 Å². The fourth-order valence-corrected chi connectivity index (χ4v) is 3.79. The number of hydrogen-bond acceptors (Lipinski definition) is 6. The van der Waals surface area contributed by atoms with Crippen LogP contribution in [0.25, 0.3) is 28.0 Å². The highest BCUT2D eigenvalue weighted by atomic mass is 16.5. The van der Waals surface area contributed by atoms with E-state index >= 15 is 0 Å². The molecule has 0 amide bonds. The number of hydrogen-bond donors (Lipinski definition) is 0. The predicted octanol–water partition coefficient (Wildman–Crippen LogP) is 3.46. The summed E-state index contributed by atoms with van der Waals surface area (Å²) in [6.45, 7) is 7.70. The Balaban J connectivity index is 1.58. The highest BCUT2D eigenvalue weighted by Gasteiger charge is 2.23. The summed E-state index contributed by atoms with van der Waals surface area (Å²) in [5, 5.41) is 4.87. The number of aromatic nitrogens is 4. The monoisotopic (exact) mass is 363 g/mol. The minimum Gasteiger partial charge on any atom is -0.441 e. The van der Waals surface area contributed by atoms with Crippen LogP contribution in [-0.2, 0) is 4.74 Å². The van der Waals surface area contributed by atoms with Crippen molar-refractivity contribution in [1.29, 1.82) is 0 Å². The highest BCUT2D eigenvalue weighted by Crippen LogP contribution is 2.26. The zero-order valence-corrected chi connectivity index (χ0v) is 15.6. The topological polar surface area (TPSA) is 68.7 Å². The summed E-state index contributed by atoms with van der Waals surface area (Å²) >= 11 is 0. The normalized spacial score (nSPS) is 20.6. The molecule has 0 aliphatic carbocycles. The second kappa shape index (κ2) is 6.06. The molecule has 5 rings (SSSR count). The van der Waals surface area contributed by atoms with E-state index in [0.29, 0.717) is 5.89 Å². The summed E-state index contributed by atoms with van der Waals surface area (Å²) in [6.07, 6.45) is 2.22. The highest BCUT2D eigenvalue weighted by molar-refractivity contribution is 5.79. The van der Waals surface area contributed by atoms with E-state index < -0.39 is 0 Å². The molecule has 1 aliphatic rings. The van der Waals surface area contributed by atoms with Gasteiger partial charge in [0.15, 0.2) is 17.1 Å². The van der Waals surface area contributed by atoms with Gasteiger partial charge in [0.25, 0.3) is 0 Å². The van der Waals surface area contributed by atoms with Gasteiger partial charge in [-0.05, 0) is 38.1 Å². The summed E-state index contributed by atoms with van der Waals surface area (Å²) in [5.41, 5.74) is 4.37. The van der Waals surface area contributed by atoms with Crippen molar-refractivity contribution in [3.8, 4) is 11.3 Å². The minimum atomic E-state index is 0.186. The molecule has 1 saturated heterocycles. The first kappa shape index (κ1) is 16.3. The first-order valence-corrected chi connectivity index (χ1v) is 9.19. The molecule has 1 fully saturated rings. The molecule has 3 aromatic heterocycles. The minimum absolute atomic E-state index is 0.186. The van der Waals surface area contributed by atoms with Crippen molar-refractivity contribution in [3.05, 3.63) is 42.4 Å². The maximum atomic E-state index is 5.84. The number of aryl methyl sites for hydroxylation is 1. The Kier molecular flexibility index (Phi) is 3.65. The van der Waals surface area contributed by atoms with Crippen LogP contribution in [0.3, 0.4) is 0 Å². The van der Waals surface area contributed by atoms with E-state index in [0.717, 1.165) is 46.9 Å². The number of ether oxygens (including phenoxy) is 1. The van der Waals surface area contributed by atoms with Crippen LogP contribution >= 0.6 is 0 Å². The molecule has 7 nitrogen and oxygen atoms in total. The van der Waals surface area contributed by atoms with Crippen LogP contribution in [0.1, 0.15) is 19.7 Å². The number of rotatable bonds is 2. The van der Waals surface area contributed by atoms with Crippen LogP contribution in [0, 0.1) is 6.92 Å². The lowest BCUT2D eigenvalue weighted by Gasteiger charge is -2.35. The largest absolute Gasteiger partial charge is 0.441 e. The Morgan fingerprint density at radius 1 is 1.07 bits per heavy atom. The van der Waals surface area contributed by atoms with Gasteiger partial charge in [-0.25, -0.2) is 14.5 Å². The van der Waals surface area contributed by atoms with E-state index in [1.165, 1.54) is 0 Å². The van der Waals surface area contributed by atoms with Crippen LogP contribution < -0.4 is 4.90 Å². The van der Waals surface area contributed by atoms with E-state index in [1.807, 2.05) is 48.0 Å². The fourth-order valence-electron chi connectivity index (χ4n) is 3.79. The summed E-state index contributed by atoms with van der Waals surface area (Å²) < 4.78 is 13.4. The molecular weight excluding hydrogens is 342 g/mol. The van der Waals surface area contributed by atoms with Gasteiger partial charge in [-0.3, -0.25) is 0 Å². The molecule has 27 heavy (non-hydrogen) atoms. The van der Waals surface area contributed by atoms with Crippen molar-refractivity contribution in [1.82, 2.24) is 19.6 Å². The number of imidazole rings is 1. The van der Waals surface area contributed by atoms with Gasteiger partial charge in [-0.2, -0.15) is 0 Å². The maximum absolute atomic E-state index is 5.84. The lowest BCUT2D eigenvalue weighted by Crippen LogP contribution is -2.46. The molecule has 0 N–H and O–H groups in total. The predicted molar refractivity (Wildman–Crippen MR) is 103 cm³/mol. The third kappa shape index (κ3) is 2.84. The number of fused-ring (bicyclic) bond motifs is 2. The molecule has 4 aromatic rings. The van der Waals surface area contributed by atoms with Gasteiger partial charge < -0.3 is 14.1 Å². The maximum Gasteiger partial charge on any atom is 0.192 e. The van der Waals surface area contributed by atoms with E-state index in [-0.39, 0.29) is 12.2 Å². The molecule has 1 aromatic carbocycles. The molecule has 7 heteroatoms. The van der Waals surface area contributed by atoms with Crippen molar-refractivity contribution >= 4 is 22.6 Å². The van der Waals surface area contributed by atoms with Gasteiger partial charge in [0.1, 0.15) is 11.3 Å². The summed E-state index contributed by atoms with van der Waals surface area (Å²) in [6, 6.07) is 10.0. The molecule has 4 heterocycles. The van der Waals surface area contributed by atoms with E-state index in [4.69, 9.17) is 14.3 Å². The smallest absolute Gasteiger partial charge is 0.192 e. The molecule has 0 bridgehead atoms. The Labute approximate surface area is 156 Å². The molecule has 138 valence electrons.